The highest BCUT2D eigenvalue weighted by molar-refractivity contribution is 6.29. The van der Waals surface area contributed by atoms with Crippen LogP contribution in [0.3, 0.4) is 0 Å². The Labute approximate surface area is 59.7 Å². The lowest BCUT2D eigenvalue weighted by atomic mass is 10.3. The molecule has 0 N–H and O–H groups in total. The zero-order chi connectivity index (χ0) is 6.69. The number of rotatable bonds is 3. The van der Waals surface area contributed by atoms with Crippen molar-refractivity contribution in [3.63, 3.8) is 0 Å². The van der Waals surface area contributed by atoms with E-state index in [0.29, 0.717) is 5.92 Å². The van der Waals surface area contributed by atoms with Crippen molar-refractivity contribution in [3.05, 3.63) is 12.2 Å². The van der Waals surface area contributed by atoms with Crippen molar-refractivity contribution in [2.24, 2.45) is 5.92 Å². The molecular formula is C7H9ClO. The summed E-state index contributed by atoms with van der Waals surface area (Å²) in [5.74, 6) is 0.809. The molecule has 0 unspecified atom stereocenters. The summed E-state index contributed by atoms with van der Waals surface area (Å²) in [5, 5.41) is 0. The Morgan fingerprint density at radius 2 is 2.33 bits per heavy atom. The molecule has 2 heteroatoms. The van der Waals surface area contributed by atoms with Gasteiger partial charge < -0.3 is 0 Å². The Morgan fingerprint density at radius 3 is 2.78 bits per heavy atom. The molecular weight excluding hydrogens is 136 g/mol. The first-order valence-electron chi connectivity index (χ1n) is 3.10. The fourth-order valence-corrected chi connectivity index (χ4v) is 0.666. The van der Waals surface area contributed by atoms with Gasteiger partial charge in [-0.2, -0.15) is 0 Å². The van der Waals surface area contributed by atoms with Gasteiger partial charge >= 0.3 is 0 Å². The maximum absolute atomic E-state index is 10.5. The third kappa shape index (κ3) is 2.66. The minimum atomic E-state index is 0.0172. The second kappa shape index (κ2) is 3.02. The van der Waals surface area contributed by atoms with E-state index in [1.165, 1.54) is 12.8 Å². The zero-order valence-corrected chi connectivity index (χ0v) is 5.90. The van der Waals surface area contributed by atoms with Crippen molar-refractivity contribution in [3.8, 4) is 0 Å². The lowest BCUT2D eigenvalue weighted by Crippen LogP contribution is -1.91. The summed E-state index contributed by atoms with van der Waals surface area (Å²) in [7, 11) is 0. The van der Waals surface area contributed by atoms with Gasteiger partial charge in [0, 0.05) is 0 Å². The molecule has 0 atom stereocenters. The second-order valence-corrected chi connectivity index (χ2v) is 2.56. The average Bonchev–Trinajstić information content (AvgIpc) is 2.65. The summed E-state index contributed by atoms with van der Waals surface area (Å²) in [5.41, 5.74) is 0. The highest BCUT2D eigenvalue weighted by atomic mass is 35.5. The first kappa shape index (κ1) is 6.81. The molecule has 0 radical (unpaired) electrons. The Hall–Kier alpha value is -0.300. The van der Waals surface area contributed by atoms with E-state index in [0.717, 1.165) is 0 Å². The van der Waals surface area contributed by atoms with Crippen LogP contribution >= 0.6 is 11.6 Å². The molecule has 0 aliphatic heterocycles. The van der Waals surface area contributed by atoms with E-state index in [1.807, 2.05) is 6.08 Å². The predicted octanol–water partition coefficient (Wildman–Crippen LogP) is 1.76. The van der Waals surface area contributed by atoms with Crippen molar-refractivity contribution in [2.75, 3.05) is 5.88 Å². The maximum atomic E-state index is 10.5. The molecule has 1 saturated carbocycles. The van der Waals surface area contributed by atoms with Crippen LogP contribution in [0, 0.1) is 5.92 Å². The van der Waals surface area contributed by atoms with Crippen molar-refractivity contribution >= 4 is 17.4 Å². The number of alkyl halides is 1. The predicted molar refractivity (Wildman–Crippen MR) is 37.6 cm³/mol. The lowest BCUT2D eigenvalue weighted by molar-refractivity contribution is -0.112. The number of halogens is 1. The highest BCUT2D eigenvalue weighted by Gasteiger charge is 2.17. The van der Waals surface area contributed by atoms with E-state index >= 15 is 0 Å². The first-order chi connectivity index (χ1) is 4.33. The molecule has 0 amide bonds. The van der Waals surface area contributed by atoms with Crippen LogP contribution in [0.1, 0.15) is 12.8 Å². The van der Waals surface area contributed by atoms with Gasteiger partial charge in [-0.1, -0.05) is 6.08 Å². The van der Waals surface area contributed by atoms with Gasteiger partial charge in [-0.3, -0.25) is 4.79 Å². The van der Waals surface area contributed by atoms with Crippen LogP contribution < -0.4 is 0 Å². The third-order valence-electron chi connectivity index (χ3n) is 1.31. The molecule has 0 aromatic rings. The number of ketones is 1. The van der Waals surface area contributed by atoms with Crippen molar-refractivity contribution in [1.82, 2.24) is 0 Å². The molecule has 0 bridgehead atoms. The Balaban J connectivity index is 2.20. The first-order valence-corrected chi connectivity index (χ1v) is 3.63. The largest absolute Gasteiger partial charge is 0.294 e. The zero-order valence-electron chi connectivity index (χ0n) is 5.14. The summed E-state index contributed by atoms with van der Waals surface area (Å²) in [6.07, 6.45) is 6.02. The van der Waals surface area contributed by atoms with Crippen LogP contribution in [0.2, 0.25) is 0 Å². The number of carbonyl (C=O) groups excluding carboxylic acids is 1. The van der Waals surface area contributed by atoms with Crippen LogP contribution in [-0.2, 0) is 4.79 Å². The van der Waals surface area contributed by atoms with Gasteiger partial charge in [-0.15, -0.1) is 11.6 Å². The molecule has 0 aromatic heterocycles. The normalized spacial score (nSPS) is 18.8. The summed E-state index contributed by atoms with van der Waals surface area (Å²) in [4.78, 5) is 10.5. The fraction of sp³-hybridized carbons (Fsp3) is 0.571. The van der Waals surface area contributed by atoms with Crippen LogP contribution in [-0.4, -0.2) is 11.7 Å². The highest BCUT2D eigenvalue weighted by Crippen LogP contribution is 2.29. The van der Waals surface area contributed by atoms with Gasteiger partial charge in [-0.25, -0.2) is 0 Å². The van der Waals surface area contributed by atoms with Crippen LogP contribution in [0.4, 0.5) is 0 Å². The molecule has 0 aromatic carbocycles. The maximum Gasteiger partial charge on any atom is 0.170 e. The lowest BCUT2D eigenvalue weighted by Gasteiger charge is -1.80. The average molecular weight is 145 g/mol. The molecule has 1 aliphatic carbocycles. The van der Waals surface area contributed by atoms with Crippen molar-refractivity contribution < 1.29 is 4.79 Å². The van der Waals surface area contributed by atoms with Crippen LogP contribution in [0.5, 0.6) is 0 Å². The van der Waals surface area contributed by atoms with Gasteiger partial charge in [0.2, 0.25) is 0 Å². The summed E-state index contributed by atoms with van der Waals surface area (Å²) < 4.78 is 0. The standard InChI is InChI=1S/C7H9ClO/c8-5-7(9)4-3-6-1-2-6/h3-4,6H,1-2,5H2/b4-3+. The van der Waals surface area contributed by atoms with E-state index in [2.05, 4.69) is 0 Å². The summed E-state index contributed by atoms with van der Waals surface area (Å²) >= 11 is 5.26. The van der Waals surface area contributed by atoms with Crippen LogP contribution in [0.25, 0.3) is 0 Å². The number of carbonyl (C=O) groups is 1. The van der Waals surface area contributed by atoms with E-state index in [-0.39, 0.29) is 11.7 Å². The molecule has 1 fully saturated rings. The number of hydrogen-bond acceptors (Lipinski definition) is 1. The number of hydrogen-bond donors (Lipinski definition) is 0. The monoisotopic (exact) mass is 144 g/mol. The molecule has 0 spiro atoms. The molecule has 0 heterocycles. The SMILES string of the molecule is O=C(/C=C/C1CC1)CCl. The summed E-state index contributed by atoms with van der Waals surface area (Å²) in [6.45, 7) is 0. The Morgan fingerprint density at radius 1 is 1.67 bits per heavy atom. The fourth-order valence-electron chi connectivity index (χ4n) is 0.577. The molecule has 1 rings (SSSR count). The minimum Gasteiger partial charge on any atom is -0.294 e. The van der Waals surface area contributed by atoms with E-state index in [9.17, 15) is 4.79 Å². The molecule has 1 nitrogen and oxygen atoms in total. The number of allylic oxidation sites excluding steroid dienone is 2. The van der Waals surface area contributed by atoms with Gasteiger partial charge in [-0.05, 0) is 24.8 Å². The Bertz CT molecular complexity index is 136. The topological polar surface area (TPSA) is 17.1 Å². The van der Waals surface area contributed by atoms with E-state index < -0.39 is 0 Å². The minimum absolute atomic E-state index is 0.0172. The van der Waals surface area contributed by atoms with Crippen molar-refractivity contribution in [2.45, 2.75) is 12.8 Å². The summed E-state index contributed by atoms with van der Waals surface area (Å²) in [6, 6.07) is 0. The van der Waals surface area contributed by atoms with Gasteiger partial charge in [0.15, 0.2) is 5.78 Å². The molecule has 0 saturated heterocycles. The molecule has 50 valence electrons. The second-order valence-electron chi connectivity index (χ2n) is 2.30. The molecule has 9 heavy (non-hydrogen) atoms. The van der Waals surface area contributed by atoms with E-state index in [4.69, 9.17) is 11.6 Å². The van der Waals surface area contributed by atoms with Gasteiger partial charge in [0.05, 0.1) is 5.88 Å². The van der Waals surface area contributed by atoms with Gasteiger partial charge in [0.25, 0.3) is 0 Å². The quantitative estimate of drug-likeness (QED) is 0.436. The molecule has 1 aliphatic rings. The van der Waals surface area contributed by atoms with E-state index in [1.54, 1.807) is 6.08 Å². The Kier molecular flexibility index (Phi) is 2.29. The van der Waals surface area contributed by atoms with Crippen LogP contribution in [0.15, 0.2) is 12.2 Å². The van der Waals surface area contributed by atoms with Gasteiger partial charge in [0.1, 0.15) is 0 Å². The van der Waals surface area contributed by atoms with Crippen molar-refractivity contribution in [1.29, 1.82) is 0 Å². The smallest absolute Gasteiger partial charge is 0.170 e. The third-order valence-corrected chi connectivity index (χ3v) is 1.57.